The summed E-state index contributed by atoms with van der Waals surface area (Å²) in [4.78, 5) is 24.1. The summed E-state index contributed by atoms with van der Waals surface area (Å²) in [5.74, 6) is -1.72. The van der Waals surface area contributed by atoms with E-state index in [2.05, 4.69) is 0 Å². The lowest BCUT2D eigenvalue weighted by molar-refractivity contribution is -0.141. The Kier molecular flexibility index (Phi) is 3.07. The van der Waals surface area contributed by atoms with Crippen LogP contribution in [0.3, 0.4) is 0 Å². The van der Waals surface area contributed by atoms with E-state index in [1.165, 1.54) is 4.90 Å². The molecule has 1 amide bonds. The SMILES string of the molecule is Cc1c(Cl)cccc1N1C[C@H](C(=O)O)CC1=O. The number of rotatable bonds is 2. The van der Waals surface area contributed by atoms with Crippen molar-refractivity contribution in [2.24, 2.45) is 5.92 Å². The van der Waals surface area contributed by atoms with Crippen molar-refractivity contribution in [3.63, 3.8) is 0 Å². The highest BCUT2D eigenvalue weighted by atomic mass is 35.5. The molecule has 5 heteroatoms. The molecule has 1 aliphatic rings. The predicted molar refractivity (Wildman–Crippen MR) is 64.3 cm³/mol. The van der Waals surface area contributed by atoms with Crippen molar-refractivity contribution in [1.82, 2.24) is 0 Å². The van der Waals surface area contributed by atoms with Gasteiger partial charge >= 0.3 is 5.97 Å². The zero-order chi connectivity index (χ0) is 12.6. The number of carboxylic acid groups (broad SMARTS) is 1. The zero-order valence-corrected chi connectivity index (χ0v) is 10.1. The normalized spacial score (nSPS) is 19.8. The molecular weight excluding hydrogens is 242 g/mol. The molecule has 0 spiro atoms. The maximum absolute atomic E-state index is 11.8. The Morgan fingerprint density at radius 3 is 2.82 bits per heavy atom. The number of anilines is 1. The minimum atomic E-state index is -0.930. The van der Waals surface area contributed by atoms with Gasteiger partial charge in [-0.05, 0) is 24.6 Å². The number of nitrogens with zero attached hydrogens (tertiary/aromatic N) is 1. The van der Waals surface area contributed by atoms with Crippen LogP contribution in [0.15, 0.2) is 18.2 Å². The van der Waals surface area contributed by atoms with Crippen LogP contribution < -0.4 is 4.90 Å². The van der Waals surface area contributed by atoms with E-state index < -0.39 is 11.9 Å². The summed E-state index contributed by atoms with van der Waals surface area (Å²) in [6.07, 6.45) is 0.0568. The summed E-state index contributed by atoms with van der Waals surface area (Å²) >= 11 is 5.98. The van der Waals surface area contributed by atoms with Gasteiger partial charge in [-0.3, -0.25) is 9.59 Å². The number of halogens is 1. The minimum Gasteiger partial charge on any atom is -0.481 e. The number of benzene rings is 1. The van der Waals surface area contributed by atoms with Crippen molar-refractivity contribution in [1.29, 1.82) is 0 Å². The van der Waals surface area contributed by atoms with Gasteiger partial charge < -0.3 is 10.0 Å². The molecule has 1 atom stereocenters. The third-order valence-electron chi connectivity index (χ3n) is 3.00. The Morgan fingerprint density at radius 1 is 1.53 bits per heavy atom. The first kappa shape index (κ1) is 11.9. The summed E-state index contributed by atoms with van der Waals surface area (Å²) in [5.41, 5.74) is 1.50. The van der Waals surface area contributed by atoms with Crippen molar-refractivity contribution >= 4 is 29.2 Å². The van der Waals surface area contributed by atoms with Crippen LogP contribution in [0.25, 0.3) is 0 Å². The van der Waals surface area contributed by atoms with E-state index in [0.29, 0.717) is 10.7 Å². The Morgan fingerprint density at radius 2 is 2.24 bits per heavy atom. The molecule has 2 rings (SSSR count). The van der Waals surface area contributed by atoms with Gasteiger partial charge in [0.15, 0.2) is 0 Å². The summed E-state index contributed by atoms with van der Waals surface area (Å²) in [7, 11) is 0. The summed E-state index contributed by atoms with van der Waals surface area (Å²) in [6, 6.07) is 5.28. The lowest BCUT2D eigenvalue weighted by atomic mass is 10.1. The molecule has 1 saturated heterocycles. The van der Waals surface area contributed by atoms with Crippen LogP contribution in [0, 0.1) is 12.8 Å². The van der Waals surface area contributed by atoms with Gasteiger partial charge in [-0.15, -0.1) is 0 Å². The number of hydrogen-bond acceptors (Lipinski definition) is 2. The molecule has 1 fully saturated rings. The second-order valence-electron chi connectivity index (χ2n) is 4.13. The van der Waals surface area contributed by atoms with Crippen molar-refractivity contribution < 1.29 is 14.7 Å². The van der Waals surface area contributed by atoms with Crippen molar-refractivity contribution in [3.05, 3.63) is 28.8 Å². The van der Waals surface area contributed by atoms with Crippen LogP contribution in [0.1, 0.15) is 12.0 Å². The number of hydrogen-bond donors (Lipinski definition) is 1. The van der Waals surface area contributed by atoms with Crippen molar-refractivity contribution in [2.75, 3.05) is 11.4 Å². The van der Waals surface area contributed by atoms with Crippen molar-refractivity contribution in [2.45, 2.75) is 13.3 Å². The Balaban J connectivity index is 2.32. The smallest absolute Gasteiger partial charge is 0.308 e. The largest absolute Gasteiger partial charge is 0.481 e. The van der Waals surface area contributed by atoms with Gasteiger partial charge in [0.2, 0.25) is 5.91 Å². The van der Waals surface area contributed by atoms with Gasteiger partial charge in [-0.25, -0.2) is 0 Å². The van der Waals surface area contributed by atoms with Crippen molar-refractivity contribution in [3.8, 4) is 0 Å². The Hall–Kier alpha value is -1.55. The molecule has 1 aliphatic heterocycles. The molecule has 1 aromatic rings. The van der Waals surface area contributed by atoms with E-state index in [1.807, 2.05) is 6.92 Å². The van der Waals surface area contributed by atoms with Gasteiger partial charge in [0, 0.05) is 23.7 Å². The first-order valence-electron chi connectivity index (χ1n) is 5.29. The summed E-state index contributed by atoms with van der Waals surface area (Å²) in [5, 5.41) is 9.49. The number of carbonyl (C=O) groups excluding carboxylic acids is 1. The average Bonchev–Trinajstić information content (AvgIpc) is 2.65. The molecule has 1 aromatic carbocycles. The lowest BCUT2D eigenvalue weighted by Crippen LogP contribution is -2.26. The lowest BCUT2D eigenvalue weighted by Gasteiger charge is -2.19. The van der Waals surface area contributed by atoms with Gasteiger partial charge in [0.05, 0.1) is 5.92 Å². The summed E-state index contributed by atoms with van der Waals surface area (Å²) < 4.78 is 0. The van der Waals surface area contributed by atoms with E-state index in [-0.39, 0.29) is 18.9 Å². The first-order valence-corrected chi connectivity index (χ1v) is 5.66. The molecule has 17 heavy (non-hydrogen) atoms. The highest BCUT2D eigenvalue weighted by Gasteiger charge is 2.35. The fraction of sp³-hybridized carbons (Fsp3) is 0.333. The van der Waals surface area contributed by atoms with Gasteiger partial charge in [-0.2, -0.15) is 0 Å². The minimum absolute atomic E-state index is 0.0568. The van der Waals surface area contributed by atoms with E-state index >= 15 is 0 Å². The van der Waals surface area contributed by atoms with E-state index in [9.17, 15) is 9.59 Å². The third kappa shape index (κ3) is 2.13. The van der Waals surface area contributed by atoms with Crippen LogP contribution in [0.4, 0.5) is 5.69 Å². The van der Waals surface area contributed by atoms with Crippen LogP contribution >= 0.6 is 11.6 Å². The van der Waals surface area contributed by atoms with Crippen LogP contribution in [0.5, 0.6) is 0 Å². The van der Waals surface area contributed by atoms with Crippen LogP contribution in [-0.4, -0.2) is 23.5 Å². The van der Waals surface area contributed by atoms with E-state index in [1.54, 1.807) is 18.2 Å². The maximum Gasteiger partial charge on any atom is 0.308 e. The van der Waals surface area contributed by atoms with Gasteiger partial charge in [0.25, 0.3) is 0 Å². The number of amides is 1. The molecule has 0 bridgehead atoms. The number of carboxylic acids is 1. The quantitative estimate of drug-likeness (QED) is 0.878. The van der Waals surface area contributed by atoms with Crippen LogP contribution in [0.2, 0.25) is 5.02 Å². The zero-order valence-electron chi connectivity index (χ0n) is 9.31. The highest BCUT2D eigenvalue weighted by Crippen LogP contribution is 2.31. The van der Waals surface area contributed by atoms with E-state index in [0.717, 1.165) is 5.56 Å². The molecule has 0 saturated carbocycles. The fourth-order valence-electron chi connectivity index (χ4n) is 1.99. The van der Waals surface area contributed by atoms with Crippen LogP contribution in [-0.2, 0) is 9.59 Å². The van der Waals surface area contributed by atoms with E-state index in [4.69, 9.17) is 16.7 Å². The highest BCUT2D eigenvalue weighted by molar-refractivity contribution is 6.31. The molecular formula is C12H12ClNO3. The molecule has 0 radical (unpaired) electrons. The summed E-state index contributed by atoms with van der Waals surface area (Å²) in [6.45, 7) is 2.04. The molecule has 4 nitrogen and oxygen atoms in total. The molecule has 1 heterocycles. The average molecular weight is 254 g/mol. The third-order valence-corrected chi connectivity index (χ3v) is 3.41. The molecule has 90 valence electrons. The molecule has 1 N–H and O–H groups in total. The van der Waals surface area contributed by atoms with Gasteiger partial charge in [0.1, 0.15) is 0 Å². The topological polar surface area (TPSA) is 57.6 Å². The predicted octanol–water partition coefficient (Wildman–Crippen LogP) is 2.09. The second-order valence-corrected chi connectivity index (χ2v) is 4.53. The monoisotopic (exact) mass is 253 g/mol. The Labute approximate surface area is 104 Å². The molecule has 0 unspecified atom stereocenters. The Bertz CT molecular complexity index is 487. The maximum atomic E-state index is 11.8. The van der Waals surface area contributed by atoms with Gasteiger partial charge in [-0.1, -0.05) is 17.7 Å². The standard InChI is InChI=1S/C12H12ClNO3/c1-7-9(13)3-2-4-10(7)14-6-8(12(16)17)5-11(14)15/h2-4,8H,5-6H2,1H3,(H,16,17)/t8-/m1/s1. The number of aliphatic carboxylic acids is 1. The fourth-order valence-corrected chi connectivity index (χ4v) is 2.16. The molecule has 0 aromatic heterocycles. The number of carbonyl (C=O) groups is 2. The second kappa shape index (κ2) is 4.37. The first-order chi connectivity index (χ1) is 8.00. The molecule has 0 aliphatic carbocycles.